The van der Waals surface area contributed by atoms with E-state index in [1.807, 2.05) is 73.6 Å². The van der Waals surface area contributed by atoms with E-state index in [-0.39, 0.29) is 11.3 Å². The van der Waals surface area contributed by atoms with Gasteiger partial charge < -0.3 is 10.0 Å². The molecule has 3 aromatic carbocycles. The van der Waals surface area contributed by atoms with E-state index in [1.54, 1.807) is 24.3 Å². The molecule has 7 heteroatoms. The largest absolute Gasteiger partial charge is 0.507 e. The Morgan fingerprint density at radius 2 is 1.61 bits per heavy atom. The van der Waals surface area contributed by atoms with Gasteiger partial charge in [-0.15, -0.1) is 0 Å². The predicted molar refractivity (Wildman–Crippen MR) is 132 cm³/mol. The molecule has 0 bridgehead atoms. The number of anilines is 2. The number of thiazole rings is 1. The first-order chi connectivity index (χ1) is 16.0. The first-order valence-corrected chi connectivity index (χ1v) is 11.3. The maximum atomic E-state index is 13.3. The van der Waals surface area contributed by atoms with Gasteiger partial charge in [-0.3, -0.25) is 14.5 Å². The Hall–Kier alpha value is -3.97. The minimum atomic E-state index is -0.790. The molecule has 5 rings (SSSR count). The van der Waals surface area contributed by atoms with Crippen molar-refractivity contribution in [2.24, 2.45) is 0 Å². The highest BCUT2D eigenvalue weighted by Crippen LogP contribution is 2.44. The summed E-state index contributed by atoms with van der Waals surface area (Å²) in [6.45, 7) is 0. The van der Waals surface area contributed by atoms with Crippen LogP contribution in [-0.4, -0.2) is 35.9 Å². The van der Waals surface area contributed by atoms with E-state index in [1.165, 1.54) is 16.2 Å². The van der Waals surface area contributed by atoms with Gasteiger partial charge in [-0.25, -0.2) is 4.98 Å². The molecule has 1 N–H and O–H groups in total. The molecule has 0 radical (unpaired) electrons. The van der Waals surface area contributed by atoms with E-state index >= 15 is 0 Å². The van der Waals surface area contributed by atoms with Crippen LogP contribution in [0.2, 0.25) is 0 Å². The van der Waals surface area contributed by atoms with Gasteiger partial charge in [0.05, 0.1) is 21.8 Å². The first-order valence-electron chi connectivity index (χ1n) is 10.4. The number of carbonyl (C=O) groups is 2. The molecule has 2 heterocycles. The first kappa shape index (κ1) is 20.9. The van der Waals surface area contributed by atoms with Gasteiger partial charge >= 0.3 is 5.91 Å². The summed E-state index contributed by atoms with van der Waals surface area (Å²) in [4.78, 5) is 34.5. The Morgan fingerprint density at radius 1 is 0.939 bits per heavy atom. The SMILES string of the molecule is CN(C)c1ccc(C2/C(=C(\O)c3ccccc3)C(=O)C(=O)N2c2nc3ccccc3s2)cc1. The molecular weight excluding hydrogens is 434 g/mol. The van der Waals surface area contributed by atoms with Crippen molar-refractivity contribution in [3.05, 3.63) is 95.6 Å². The van der Waals surface area contributed by atoms with Crippen LogP contribution in [0.5, 0.6) is 0 Å². The van der Waals surface area contributed by atoms with E-state index in [4.69, 9.17) is 0 Å². The van der Waals surface area contributed by atoms with E-state index in [2.05, 4.69) is 4.98 Å². The van der Waals surface area contributed by atoms with Crippen LogP contribution in [0.1, 0.15) is 17.2 Å². The van der Waals surface area contributed by atoms with Crippen LogP contribution in [0.25, 0.3) is 16.0 Å². The maximum absolute atomic E-state index is 13.3. The summed E-state index contributed by atoms with van der Waals surface area (Å²) < 4.78 is 0.916. The standard InChI is InChI=1S/C26H21N3O3S/c1-28(2)18-14-12-16(13-15-18)22-21(23(30)17-8-4-3-5-9-17)24(31)25(32)29(22)26-27-19-10-6-7-11-20(19)33-26/h3-15,22,30H,1-2H3/b23-21+. The number of fused-ring (bicyclic) bond motifs is 1. The van der Waals surface area contributed by atoms with E-state index in [9.17, 15) is 14.7 Å². The third-order valence-electron chi connectivity index (χ3n) is 5.71. The Bertz CT molecular complexity index is 1360. The van der Waals surface area contributed by atoms with Crippen molar-refractivity contribution < 1.29 is 14.7 Å². The van der Waals surface area contributed by atoms with Crippen molar-refractivity contribution in [1.82, 2.24) is 4.98 Å². The van der Waals surface area contributed by atoms with Crippen molar-refractivity contribution in [2.75, 3.05) is 23.9 Å². The van der Waals surface area contributed by atoms with Crippen molar-refractivity contribution in [3.8, 4) is 0 Å². The van der Waals surface area contributed by atoms with Gasteiger partial charge in [0.25, 0.3) is 5.78 Å². The van der Waals surface area contributed by atoms with Gasteiger partial charge in [0.1, 0.15) is 5.76 Å². The highest BCUT2D eigenvalue weighted by Gasteiger charge is 2.48. The molecule has 1 aliphatic rings. The second-order valence-electron chi connectivity index (χ2n) is 7.99. The van der Waals surface area contributed by atoms with Gasteiger partial charge in [-0.05, 0) is 29.8 Å². The number of ketones is 1. The van der Waals surface area contributed by atoms with Crippen LogP contribution in [0.15, 0.2) is 84.4 Å². The summed E-state index contributed by atoms with van der Waals surface area (Å²) in [5.41, 5.74) is 3.00. The van der Waals surface area contributed by atoms with Crippen LogP contribution in [0, 0.1) is 0 Å². The number of carbonyl (C=O) groups excluding carboxylic acids is 2. The lowest BCUT2D eigenvalue weighted by Crippen LogP contribution is -2.29. The van der Waals surface area contributed by atoms with Gasteiger partial charge in [0.2, 0.25) is 0 Å². The fraction of sp³-hybridized carbons (Fsp3) is 0.115. The summed E-state index contributed by atoms with van der Waals surface area (Å²) in [5.74, 6) is -1.62. The van der Waals surface area contributed by atoms with Crippen LogP contribution >= 0.6 is 11.3 Å². The van der Waals surface area contributed by atoms with Crippen LogP contribution < -0.4 is 9.80 Å². The summed E-state index contributed by atoms with van der Waals surface area (Å²) in [5, 5.41) is 11.6. The Labute approximate surface area is 195 Å². The minimum absolute atomic E-state index is 0.0584. The average molecular weight is 456 g/mol. The number of para-hydroxylation sites is 1. The normalized spacial score (nSPS) is 17.6. The third kappa shape index (κ3) is 3.56. The molecule has 1 amide bonds. The van der Waals surface area contributed by atoms with Crippen LogP contribution in [-0.2, 0) is 9.59 Å². The number of rotatable bonds is 4. The number of aliphatic hydroxyl groups is 1. The summed E-state index contributed by atoms with van der Waals surface area (Å²) in [6.07, 6.45) is 0. The summed E-state index contributed by atoms with van der Waals surface area (Å²) in [7, 11) is 3.88. The monoisotopic (exact) mass is 455 g/mol. The molecule has 6 nitrogen and oxygen atoms in total. The number of hydrogen-bond donors (Lipinski definition) is 1. The zero-order valence-electron chi connectivity index (χ0n) is 18.1. The highest BCUT2D eigenvalue weighted by atomic mass is 32.1. The highest BCUT2D eigenvalue weighted by molar-refractivity contribution is 7.22. The second-order valence-corrected chi connectivity index (χ2v) is 8.99. The zero-order valence-corrected chi connectivity index (χ0v) is 18.9. The number of Topliss-reactive ketones (excluding diaryl/α,β-unsaturated/α-hetero) is 1. The molecule has 164 valence electrons. The number of aromatic nitrogens is 1. The summed E-state index contributed by atoms with van der Waals surface area (Å²) >= 11 is 1.35. The molecule has 0 aliphatic carbocycles. The molecular formula is C26H21N3O3S. The molecule has 1 unspecified atom stereocenters. The van der Waals surface area contributed by atoms with Crippen LogP contribution in [0.3, 0.4) is 0 Å². The van der Waals surface area contributed by atoms with E-state index < -0.39 is 17.7 Å². The molecule has 1 fully saturated rings. The maximum Gasteiger partial charge on any atom is 0.301 e. The number of amides is 1. The predicted octanol–water partition coefficient (Wildman–Crippen LogP) is 4.99. The van der Waals surface area contributed by atoms with Crippen molar-refractivity contribution in [2.45, 2.75) is 6.04 Å². The lowest BCUT2D eigenvalue weighted by molar-refractivity contribution is -0.132. The number of aliphatic hydroxyl groups excluding tert-OH is 1. The topological polar surface area (TPSA) is 73.7 Å². The molecule has 1 atom stereocenters. The molecule has 1 aliphatic heterocycles. The van der Waals surface area contributed by atoms with Gasteiger partial charge in [-0.1, -0.05) is 65.9 Å². The Kier molecular flexibility index (Phi) is 5.18. The van der Waals surface area contributed by atoms with Gasteiger partial charge in [0.15, 0.2) is 5.13 Å². The fourth-order valence-electron chi connectivity index (χ4n) is 4.01. The Balaban J connectivity index is 1.72. The molecule has 4 aromatic rings. The van der Waals surface area contributed by atoms with Crippen molar-refractivity contribution in [3.63, 3.8) is 0 Å². The van der Waals surface area contributed by atoms with E-state index in [0.29, 0.717) is 10.7 Å². The minimum Gasteiger partial charge on any atom is -0.507 e. The number of nitrogens with zero attached hydrogens (tertiary/aromatic N) is 3. The molecule has 33 heavy (non-hydrogen) atoms. The van der Waals surface area contributed by atoms with E-state index in [0.717, 1.165) is 21.5 Å². The quantitative estimate of drug-likeness (QED) is 0.267. The van der Waals surface area contributed by atoms with Gasteiger partial charge in [-0.2, -0.15) is 0 Å². The average Bonchev–Trinajstić information content (AvgIpc) is 3.38. The number of hydrogen-bond acceptors (Lipinski definition) is 6. The molecule has 1 aromatic heterocycles. The third-order valence-corrected chi connectivity index (χ3v) is 6.74. The zero-order chi connectivity index (χ0) is 23.1. The molecule has 1 saturated heterocycles. The second kappa shape index (κ2) is 8.18. The molecule has 0 spiro atoms. The molecule has 0 saturated carbocycles. The van der Waals surface area contributed by atoms with Gasteiger partial charge in [0, 0.05) is 25.3 Å². The fourth-order valence-corrected chi connectivity index (χ4v) is 5.01. The number of benzene rings is 3. The lowest BCUT2D eigenvalue weighted by atomic mass is 9.95. The van der Waals surface area contributed by atoms with Crippen LogP contribution in [0.4, 0.5) is 10.8 Å². The lowest BCUT2D eigenvalue weighted by Gasteiger charge is -2.23. The summed E-state index contributed by atoms with van der Waals surface area (Å²) in [6, 6.07) is 23.2. The Morgan fingerprint density at radius 3 is 2.27 bits per heavy atom. The van der Waals surface area contributed by atoms with Crippen molar-refractivity contribution in [1.29, 1.82) is 0 Å². The van der Waals surface area contributed by atoms with Crippen molar-refractivity contribution >= 4 is 49.8 Å². The smallest absolute Gasteiger partial charge is 0.301 e.